The molecule has 1 aliphatic heterocycles. The first-order chi connectivity index (χ1) is 13.3. The summed E-state index contributed by atoms with van der Waals surface area (Å²) in [6.45, 7) is 3.50. The summed E-state index contributed by atoms with van der Waals surface area (Å²) in [5, 5.41) is 0. The van der Waals surface area contributed by atoms with Gasteiger partial charge >= 0.3 is 5.97 Å². The van der Waals surface area contributed by atoms with Crippen molar-refractivity contribution in [2.45, 2.75) is 25.4 Å². The molecule has 2 aromatic carbocycles. The van der Waals surface area contributed by atoms with Crippen LogP contribution in [-0.2, 0) is 11.2 Å². The van der Waals surface area contributed by atoms with Gasteiger partial charge in [0.05, 0.1) is 5.56 Å². The van der Waals surface area contributed by atoms with E-state index in [1.807, 2.05) is 30.3 Å². The number of fused-ring (bicyclic) bond motifs is 5. The van der Waals surface area contributed by atoms with E-state index in [0.29, 0.717) is 29.2 Å². The van der Waals surface area contributed by atoms with Gasteiger partial charge in [-0.2, -0.15) is 0 Å². The molecule has 140 valence electrons. The third-order valence-electron chi connectivity index (χ3n) is 7.08. The number of ether oxygens (including phenoxy) is 1. The molecule has 27 heavy (non-hydrogen) atoms. The summed E-state index contributed by atoms with van der Waals surface area (Å²) >= 11 is 0. The third-order valence-corrected chi connectivity index (χ3v) is 7.08. The zero-order chi connectivity index (χ0) is 18.2. The van der Waals surface area contributed by atoms with Crippen LogP contribution in [0.1, 0.15) is 28.8 Å². The Morgan fingerprint density at radius 3 is 2.07 bits per heavy atom. The molecule has 3 fully saturated rings. The van der Waals surface area contributed by atoms with E-state index in [2.05, 4.69) is 35.2 Å². The molecule has 2 bridgehead atoms. The highest BCUT2D eigenvalue weighted by Gasteiger charge is 2.58. The topological polar surface area (TPSA) is 29.5 Å². The van der Waals surface area contributed by atoms with Gasteiger partial charge in [-0.3, -0.25) is 0 Å². The number of esters is 1. The third kappa shape index (κ3) is 3.19. The Morgan fingerprint density at radius 1 is 0.852 bits per heavy atom. The van der Waals surface area contributed by atoms with Crippen LogP contribution in [0.15, 0.2) is 60.7 Å². The number of likely N-dealkylation sites (tertiary alicyclic amines) is 1. The van der Waals surface area contributed by atoms with Crippen LogP contribution >= 0.6 is 0 Å². The first kappa shape index (κ1) is 17.0. The van der Waals surface area contributed by atoms with E-state index in [1.54, 1.807) is 0 Å². The Morgan fingerprint density at radius 2 is 1.44 bits per heavy atom. The average molecular weight is 361 g/mol. The maximum atomic E-state index is 12.5. The molecule has 5 atom stereocenters. The first-order valence-corrected chi connectivity index (χ1v) is 10.3. The molecule has 0 spiro atoms. The Labute approximate surface area is 161 Å². The number of nitrogens with zero attached hydrogens (tertiary/aromatic N) is 1. The summed E-state index contributed by atoms with van der Waals surface area (Å²) in [5.41, 5.74) is 2.10. The van der Waals surface area contributed by atoms with Gasteiger partial charge in [0.2, 0.25) is 0 Å². The van der Waals surface area contributed by atoms with E-state index in [9.17, 15) is 4.79 Å². The van der Waals surface area contributed by atoms with Crippen LogP contribution < -0.4 is 0 Å². The Balaban J connectivity index is 1.20. The highest BCUT2D eigenvalue weighted by Crippen LogP contribution is 2.56. The van der Waals surface area contributed by atoms with E-state index < -0.39 is 0 Å². The van der Waals surface area contributed by atoms with Crippen molar-refractivity contribution in [1.29, 1.82) is 0 Å². The molecular formula is C24H27NO2. The molecule has 1 saturated heterocycles. The van der Waals surface area contributed by atoms with Gasteiger partial charge in [-0.15, -0.1) is 0 Å². The lowest BCUT2D eigenvalue weighted by Gasteiger charge is -2.23. The molecule has 1 heterocycles. The van der Waals surface area contributed by atoms with Crippen LogP contribution in [-0.4, -0.2) is 36.6 Å². The zero-order valence-electron chi connectivity index (χ0n) is 15.7. The number of hydrogen-bond acceptors (Lipinski definition) is 3. The lowest BCUT2D eigenvalue weighted by Crippen LogP contribution is -2.31. The molecule has 0 N–H and O–H groups in total. The van der Waals surface area contributed by atoms with Crippen LogP contribution in [0.5, 0.6) is 0 Å². The molecule has 1 unspecified atom stereocenters. The second-order valence-corrected chi connectivity index (χ2v) is 8.46. The molecule has 3 aliphatic rings. The summed E-state index contributed by atoms with van der Waals surface area (Å²) in [5.74, 6) is 2.42. The molecule has 2 aromatic rings. The number of benzene rings is 2. The molecule has 0 aromatic heterocycles. The SMILES string of the molecule is O=C(OC1[C@H]2CC[C@H]1[C@H]1CN(CCc3ccccc3)C[C@H]12)c1ccccc1. The number of hydrogen-bond donors (Lipinski definition) is 0. The summed E-state index contributed by atoms with van der Waals surface area (Å²) in [6.07, 6.45) is 3.72. The van der Waals surface area contributed by atoms with E-state index in [4.69, 9.17) is 4.74 Å². The van der Waals surface area contributed by atoms with Crippen LogP contribution in [0.25, 0.3) is 0 Å². The number of rotatable bonds is 5. The molecule has 5 rings (SSSR count). The molecule has 0 radical (unpaired) electrons. The molecule has 2 saturated carbocycles. The van der Waals surface area contributed by atoms with Gasteiger partial charge in [0.25, 0.3) is 0 Å². The van der Waals surface area contributed by atoms with Crippen LogP contribution in [0, 0.1) is 23.7 Å². The minimum absolute atomic E-state index is 0.140. The smallest absolute Gasteiger partial charge is 0.338 e. The second kappa shape index (κ2) is 7.12. The average Bonchev–Trinajstić information content (AvgIpc) is 3.38. The quantitative estimate of drug-likeness (QED) is 0.753. The summed E-state index contributed by atoms with van der Waals surface area (Å²) in [6, 6.07) is 20.2. The Bertz CT molecular complexity index is 771. The molecule has 3 heteroatoms. The van der Waals surface area contributed by atoms with E-state index >= 15 is 0 Å². The zero-order valence-corrected chi connectivity index (χ0v) is 15.7. The minimum atomic E-state index is -0.140. The predicted octanol–water partition coefficient (Wildman–Crippen LogP) is 4.04. The van der Waals surface area contributed by atoms with Crippen LogP contribution in [0.2, 0.25) is 0 Å². The first-order valence-electron chi connectivity index (χ1n) is 10.3. The van der Waals surface area contributed by atoms with Crippen molar-refractivity contribution in [2.24, 2.45) is 23.7 Å². The lowest BCUT2D eigenvalue weighted by molar-refractivity contribution is 0.0135. The second-order valence-electron chi connectivity index (χ2n) is 8.46. The summed E-state index contributed by atoms with van der Waals surface area (Å²) in [4.78, 5) is 15.2. The van der Waals surface area contributed by atoms with Gasteiger partial charge < -0.3 is 9.64 Å². The standard InChI is InChI=1S/C24H27NO2/c26-24(18-9-5-2-6-10-18)27-23-19-11-12-20(23)22-16-25(15-21(19)22)14-13-17-7-3-1-4-8-17/h1-10,19-23H,11-16H2/t19-,20-,21-,22+,23?/m0/s1. The summed E-state index contributed by atoms with van der Waals surface area (Å²) < 4.78 is 6.03. The van der Waals surface area contributed by atoms with Gasteiger partial charge in [0.15, 0.2) is 0 Å². The predicted molar refractivity (Wildman–Crippen MR) is 105 cm³/mol. The fourth-order valence-electron chi connectivity index (χ4n) is 5.85. The van der Waals surface area contributed by atoms with Crippen molar-refractivity contribution in [3.05, 3.63) is 71.8 Å². The van der Waals surface area contributed by atoms with Gasteiger partial charge in [-0.05, 0) is 48.8 Å². The van der Waals surface area contributed by atoms with Crippen molar-refractivity contribution in [3.8, 4) is 0 Å². The van der Waals surface area contributed by atoms with Crippen molar-refractivity contribution in [2.75, 3.05) is 19.6 Å². The maximum absolute atomic E-state index is 12.5. The van der Waals surface area contributed by atoms with Crippen LogP contribution in [0.4, 0.5) is 0 Å². The monoisotopic (exact) mass is 361 g/mol. The highest BCUT2D eigenvalue weighted by atomic mass is 16.5. The molecule has 2 aliphatic carbocycles. The van der Waals surface area contributed by atoms with Gasteiger partial charge in [0.1, 0.15) is 6.10 Å². The Kier molecular flexibility index (Phi) is 4.48. The van der Waals surface area contributed by atoms with Crippen molar-refractivity contribution in [1.82, 2.24) is 4.90 Å². The largest absolute Gasteiger partial charge is 0.458 e. The van der Waals surface area contributed by atoms with E-state index in [-0.39, 0.29) is 12.1 Å². The minimum Gasteiger partial charge on any atom is -0.458 e. The fraction of sp³-hybridized carbons (Fsp3) is 0.458. The molecular weight excluding hydrogens is 334 g/mol. The van der Waals surface area contributed by atoms with Gasteiger partial charge in [-0.1, -0.05) is 48.5 Å². The molecule has 3 nitrogen and oxygen atoms in total. The normalized spacial score (nSPS) is 31.8. The van der Waals surface area contributed by atoms with Crippen molar-refractivity contribution >= 4 is 5.97 Å². The van der Waals surface area contributed by atoms with Crippen molar-refractivity contribution < 1.29 is 9.53 Å². The molecule has 0 amide bonds. The lowest BCUT2D eigenvalue weighted by atomic mass is 9.82. The van der Waals surface area contributed by atoms with Gasteiger partial charge in [-0.25, -0.2) is 4.79 Å². The number of carbonyl (C=O) groups excluding carboxylic acids is 1. The summed E-state index contributed by atoms with van der Waals surface area (Å²) in [7, 11) is 0. The Hall–Kier alpha value is -2.13. The number of carbonyl (C=O) groups is 1. The van der Waals surface area contributed by atoms with E-state index in [1.165, 1.54) is 31.5 Å². The van der Waals surface area contributed by atoms with Crippen LogP contribution in [0.3, 0.4) is 0 Å². The fourth-order valence-corrected chi connectivity index (χ4v) is 5.85. The van der Waals surface area contributed by atoms with E-state index in [0.717, 1.165) is 13.0 Å². The van der Waals surface area contributed by atoms with Gasteiger partial charge in [0, 0.05) is 31.5 Å². The highest BCUT2D eigenvalue weighted by molar-refractivity contribution is 5.89. The maximum Gasteiger partial charge on any atom is 0.338 e. The van der Waals surface area contributed by atoms with Crippen molar-refractivity contribution in [3.63, 3.8) is 0 Å².